The van der Waals surface area contributed by atoms with Crippen molar-refractivity contribution >= 4 is 28.6 Å². The highest BCUT2D eigenvalue weighted by Gasteiger charge is 2.31. The number of carbonyl (C=O) groups excluding carboxylic acids is 1. The molecule has 1 saturated heterocycles. The zero-order valence-corrected chi connectivity index (χ0v) is 18.7. The van der Waals surface area contributed by atoms with E-state index in [2.05, 4.69) is 40.5 Å². The molecule has 0 unspecified atom stereocenters. The molecular formula is C23H26N8O2. The maximum Gasteiger partial charge on any atom is 0.358 e. The summed E-state index contributed by atoms with van der Waals surface area (Å²) in [6.45, 7) is 3.11. The molecule has 5 rings (SSSR count). The second kappa shape index (κ2) is 8.67. The lowest BCUT2D eigenvalue weighted by Crippen LogP contribution is -2.47. The van der Waals surface area contributed by atoms with Crippen molar-refractivity contribution in [1.29, 1.82) is 5.26 Å². The quantitative estimate of drug-likeness (QED) is 0.586. The van der Waals surface area contributed by atoms with Gasteiger partial charge in [0.1, 0.15) is 23.4 Å². The first-order chi connectivity index (χ1) is 16.1. The van der Waals surface area contributed by atoms with Crippen molar-refractivity contribution in [2.45, 2.75) is 24.9 Å². The Morgan fingerprint density at radius 2 is 1.85 bits per heavy atom. The van der Waals surface area contributed by atoms with Gasteiger partial charge in [-0.15, -0.1) is 0 Å². The average Bonchev–Trinajstić information content (AvgIpc) is 3.21. The highest BCUT2D eigenvalue weighted by atomic mass is 16.5. The van der Waals surface area contributed by atoms with Crippen molar-refractivity contribution in [2.75, 3.05) is 50.1 Å². The topological polar surface area (TPSA) is 112 Å². The van der Waals surface area contributed by atoms with Gasteiger partial charge in [0.25, 0.3) is 0 Å². The lowest BCUT2D eigenvalue weighted by molar-refractivity contribution is 0.0593. The van der Waals surface area contributed by atoms with E-state index in [1.807, 2.05) is 25.4 Å². The van der Waals surface area contributed by atoms with Gasteiger partial charge in [0.05, 0.1) is 25.1 Å². The van der Waals surface area contributed by atoms with E-state index in [1.54, 1.807) is 6.20 Å². The van der Waals surface area contributed by atoms with Gasteiger partial charge in [-0.1, -0.05) is 0 Å². The number of nitrogens with one attached hydrogen (secondary N) is 1. The molecule has 1 aliphatic carbocycles. The summed E-state index contributed by atoms with van der Waals surface area (Å²) >= 11 is 0. The van der Waals surface area contributed by atoms with E-state index in [4.69, 9.17) is 4.98 Å². The predicted octanol–water partition coefficient (Wildman–Crippen LogP) is 1.73. The third-order valence-electron chi connectivity index (χ3n) is 6.66. The molecule has 0 atom stereocenters. The Bertz CT molecular complexity index is 1200. The molecule has 1 N–H and O–H groups in total. The molecular weight excluding hydrogens is 420 g/mol. The van der Waals surface area contributed by atoms with E-state index >= 15 is 0 Å². The van der Waals surface area contributed by atoms with Crippen molar-refractivity contribution < 1.29 is 9.53 Å². The van der Waals surface area contributed by atoms with E-state index in [0.29, 0.717) is 17.6 Å². The summed E-state index contributed by atoms with van der Waals surface area (Å²) in [5.74, 6) is 1.16. The third kappa shape index (κ3) is 3.85. The fourth-order valence-corrected chi connectivity index (χ4v) is 4.57. The van der Waals surface area contributed by atoms with Crippen LogP contribution in [0.25, 0.3) is 11.0 Å². The van der Waals surface area contributed by atoms with Crippen molar-refractivity contribution in [3.8, 4) is 6.07 Å². The highest BCUT2D eigenvalue weighted by molar-refractivity contribution is 5.87. The summed E-state index contributed by atoms with van der Waals surface area (Å²) in [4.78, 5) is 29.5. The molecule has 3 aromatic heterocycles. The maximum atomic E-state index is 11.6. The van der Waals surface area contributed by atoms with Crippen LogP contribution in [0, 0.1) is 11.3 Å². The van der Waals surface area contributed by atoms with Crippen LogP contribution in [0.3, 0.4) is 0 Å². The zero-order chi connectivity index (χ0) is 22.9. The average molecular weight is 447 g/mol. The molecule has 10 nitrogen and oxygen atoms in total. The Hall–Kier alpha value is -3.71. The number of ether oxygens (including phenoxy) is 1. The van der Waals surface area contributed by atoms with Gasteiger partial charge in [-0.2, -0.15) is 5.26 Å². The molecule has 1 saturated carbocycles. The number of nitrogens with zero attached hydrogens (tertiary/aromatic N) is 7. The summed E-state index contributed by atoms with van der Waals surface area (Å²) in [7, 11) is 3.32. The van der Waals surface area contributed by atoms with E-state index in [0.717, 1.165) is 61.7 Å². The largest absolute Gasteiger partial charge is 0.464 e. The fourth-order valence-electron chi connectivity index (χ4n) is 4.57. The van der Waals surface area contributed by atoms with Crippen LogP contribution in [0.15, 0.2) is 30.7 Å². The fraction of sp³-hybridized carbons (Fsp3) is 0.435. The number of fused-ring (bicyclic) bond motifs is 1. The predicted molar refractivity (Wildman–Crippen MR) is 123 cm³/mol. The normalized spacial score (nSPS) is 20.4. The first kappa shape index (κ1) is 21.2. The Labute approximate surface area is 191 Å². The molecule has 0 spiro atoms. The van der Waals surface area contributed by atoms with E-state index in [1.165, 1.54) is 13.3 Å². The number of hydrogen-bond donors (Lipinski definition) is 1. The minimum absolute atomic E-state index is 0.199. The van der Waals surface area contributed by atoms with Crippen LogP contribution in [0.4, 0.5) is 11.6 Å². The molecule has 0 radical (unpaired) electrons. The molecule has 4 heterocycles. The van der Waals surface area contributed by atoms with Gasteiger partial charge in [0.2, 0.25) is 0 Å². The van der Waals surface area contributed by atoms with Crippen LogP contribution < -0.4 is 15.1 Å². The SMILES string of the molecule is CNC1CC(n2cc(C#N)c3ccc(N4CCN(c5cnc(C(=O)OC)cn5)CC4)nc32)C1. The number of anilines is 2. The smallest absolute Gasteiger partial charge is 0.358 e. The second-order valence-corrected chi connectivity index (χ2v) is 8.44. The third-order valence-corrected chi connectivity index (χ3v) is 6.66. The number of aromatic nitrogens is 4. The van der Waals surface area contributed by atoms with Crippen LogP contribution in [-0.4, -0.2) is 71.9 Å². The summed E-state index contributed by atoms with van der Waals surface area (Å²) in [6.07, 6.45) is 7.10. The summed E-state index contributed by atoms with van der Waals surface area (Å²) in [6, 6.07) is 7.24. The van der Waals surface area contributed by atoms with Crippen LogP contribution in [0.5, 0.6) is 0 Å². The van der Waals surface area contributed by atoms with Gasteiger partial charge in [0.15, 0.2) is 5.69 Å². The van der Waals surface area contributed by atoms with Crippen LogP contribution in [0.2, 0.25) is 0 Å². The van der Waals surface area contributed by atoms with Gasteiger partial charge < -0.3 is 24.4 Å². The molecule has 1 aliphatic heterocycles. The Morgan fingerprint density at radius 1 is 1.12 bits per heavy atom. The first-order valence-electron chi connectivity index (χ1n) is 11.1. The van der Waals surface area contributed by atoms with Gasteiger partial charge in [-0.25, -0.2) is 19.7 Å². The van der Waals surface area contributed by atoms with Crippen molar-refractivity contribution in [1.82, 2.24) is 24.8 Å². The molecule has 0 aromatic carbocycles. The highest BCUT2D eigenvalue weighted by Crippen LogP contribution is 2.36. The number of esters is 1. The zero-order valence-electron chi connectivity index (χ0n) is 18.7. The van der Waals surface area contributed by atoms with Gasteiger partial charge in [-0.05, 0) is 32.0 Å². The molecule has 170 valence electrons. The Kier molecular flexibility index (Phi) is 5.56. The number of pyridine rings is 1. The molecule has 2 aliphatic rings. The van der Waals surface area contributed by atoms with Crippen molar-refractivity contribution in [2.24, 2.45) is 0 Å². The number of carbonyl (C=O) groups is 1. The van der Waals surface area contributed by atoms with Crippen LogP contribution in [-0.2, 0) is 4.74 Å². The minimum atomic E-state index is -0.493. The summed E-state index contributed by atoms with van der Waals surface area (Å²) < 4.78 is 6.86. The molecule has 10 heteroatoms. The van der Waals surface area contributed by atoms with E-state index < -0.39 is 5.97 Å². The summed E-state index contributed by atoms with van der Waals surface area (Å²) in [5, 5.41) is 13.8. The van der Waals surface area contributed by atoms with Gasteiger partial charge in [0, 0.05) is 49.8 Å². The van der Waals surface area contributed by atoms with Gasteiger partial charge >= 0.3 is 5.97 Å². The number of methoxy groups -OCH3 is 1. The van der Waals surface area contributed by atoms with Crippen LogP contribution in [0.1, 0.15) is 34.9 Å². The van der Waals surface area contributed by atoms with Crippen LogP contribution >= 0.6 is 0 Å². The standard InChI is InChI=1S/C23H26N8O2/c1-25-16-9-17(10-16)31-14-15(11-24)18-3-4-20(28-22(18)31)29-5-7-30(8-6-29)21-13-26-19(12-27-21)23(32)33-2/h3-4,12-14,16-17,25H,5-10H2,1-2H3. The van der Waals surface area contributed by atoms with Gasteiger partial charge in [-0.3, -0.25) is 0 Å². The van der Waals surface area contributed by atoms with Crippen molar-refractivity contribution in [3.05, 3.63) is 42.0 Å². The molecule has 0 bridgehead atoms. The van der Waals surface area contributed by atoms with E-state index in [-0.39, 0.29) is 5.69 Å². The van der Waals surface area contributed by atoms with E-state index in [9.17, 15) is 10.1 Å². The molecule has 2 fully saturated rings. The minimum Gasteiger partial charge on any atom is -0.464 e. The molecule has 0 amide bonds. The monoisotopic (exact) mass is 446 g/mol. The lowest BCUT2D eigenvalue weighted by Gasteiger charge is -2.37. The van der Waals surface area contributed by atoms with Crippen molar-refractivity contribution in [3.63, 3.8) is 0 Å². The number of nitriles is 1. The Morgan fingerprint density at radius 3 is 2.45 bits per heavy atom. The molecule has 3 aromatic rings. The number of rotatable bonds is 5. The second-order valence-electron chi connectivity index (χ2n) is 8.44. The Balaban J connectivity index is 1.31. The number of piperazine rings is 1. The molecule has 33 heavy (non-hydrogen) atoms. The summed E-state index contributed by atoms with van der Waals surface area (Å²) in [5.41, 5.74) is 1.76. The maximum absolute atomic E-state index is 11.6. The first-order valence-corrected chi connectivity index (χ1v) is 11.1. The number of hydrogen-bond acceptors (Lipinski definition) is 9. The lowest BCUT2D eigenvalue weighted by atomic mass is 9.87.